The van der Waals surface area contributed by atoms with E-state index >= 15 is 0 Å². The van der Waals surface area contributed by atoms with Gasteiger partial charge in [-0.25, -0.2) is 29.3 Å². The average Bonchev–Trinajstić information content (AvgIpc) is 3.90. The standard InChI is InChI=1S/C22H26ClN3O3.C12H16N2O.C10H11Cl2NO2.CH4/c1-20(2,3)29-19(27)14-4-5-16(24-18(14)23)26-12-6-17(25-26)28-13-7-15-21(8-9-21)22(15)10-11-22;1-7-13-14-10(1)15-8-2-9-11(3-4-11)12(9)5-6-12;1-10(2,3)15-9(14)6-4-5-7(11)13-8(6)12;/h4-6,12,15H,7-11,13H2,1-3H3;1,7,9H,2-6,8H2,(H,13,14);4-5H,1-3H3;1H4/i15D;9D;;. The van der Waals surface area contributed by atoms with Gasteiger partial charge in [-0.1, -0.05) is 42.2 Å². The fourth-order valence-electron chi connectivity index (χ4n) is 9.31. The van der Waals surface area contributed by atoms with E-state index in [1.165, 1.54) is 63.5 Å². The number of aromatic nitrogens is 6. The van der Waals surface area contributed by atoms with E-state index in [-0.39, 0.29) is 45.8 Å². The number of ether oxygens (including phenoxy) is 4. The molecule has 4 aromatic rings. The number of rotatable bonds is 11. The fraction of sp³-hybridized carbons (Fsp3) is 0.600. The topological polar surface area (TPSA) is 143 Å². The zero-order valence-corrected chi connectivity index (χ0v) is 36.7. The summed E-state index contributed by atoms with van der Waals surface area (Å²) in [5, 5.41) is 11.4. The van der Waals surface area contributed by atoms with Crippen molar-refractivity contribution in [3.63, 3.8) is 0 Å². The Balaban J connectivity index is 0.000000153. The normalized spacial score (nSPS) is 21.4. The highest BCUT2D eigenvalue weighted by atomic mass is 35.5. The number of aromatic amines is 1. The van der Waals surface area contributed by atoms with E-state index in [1.807, 2.05) is 6.07 Å². The molecule has 6 saturated carbocycles. The maximum atomic E-state index is 12.2. The van der Waals surface area contributed by atoms with Crippen LogP contribution in [0.4, 0.5) is 0 Å². The Morgan fingerprint density at radius 3 is 1.65 bits per heavy atom. The fourth-order valence-corrected chi connectivity index (χ4v) is 9.96. The molecular weight excluding hydrogens is 827 g/mol. The minimum absolute atomic E-state index is 0. The Labute approximate surface area is 370 Å². The second-order valence-corrected chi connectivity index (χ2v) is 19.6. The number of nitrogens with zero attached hydrogens (tertiary/aromatic N) is 5. The number of esters is 2. The lowest BCUT2D eigenvalue weighted by molar-refractivity contribution is 0.00567. The van der Waals surface area contributed by atoms with Crippen LogP contribution in [0, 0.1) is 33.4 Å². The Kier molecular flexibility index (Phi) is 11.1. The Morgan fingerprint density at radius 2 is 1.22 bits per heavy atom. The van der Waals surface area contributed by atoms with Gasteiger partial charge in [-0.3, -0.25) is 0 Å². The van der Waals surface area contributed by atoms with Crippen LogP contribution in [0.1, 0.15) is 137 Å². The first kappa shape index (κ1) is 41.5. The maximum Gasteiger partial charge on any atom is 0.341 e. The van der Waals surface area contributed by atoms with Crippen molar-refractivity contribution >= 4 is 46.7 Å². The van der Waals surface area contributed by atoms with Crippen LogP contribution >= 0.6 is 34.8 Å². The van der Waals surface area contributed by atoms with Gasteiger partial charge in [0.05, 0.1) is 30.5 Å². The lowest BCUT2D eigenvalue weighted by atomic mass is 10.2. The third kappa shape index (κ3) is 9.02. The molecule has 4 spiro atoms. The van der Waals surface area contributed by atoms with E-state index in [2.05, 4.69) is 25.3 Å². The molecule has 0 unspecified atom stereocenters. The van der Waals surface area contributed by atoms with Gasteiger partial charge in [-0.05, 0) is 163 Å². The van der Waals surface area contributed by atoms with Gasteiger partial charge < -0.3 is 18.9 Å². The summed E-state index contributed by atoms with van der Waals surface area (Å²) in [5.74, 6) is 0.242. The largest absolute Gasteiger partial charge is 0.478 e. The summed E-state index contributed by atoms with van der Waals surface area (Å²) in [6.45, 7) is 11.9. The molecule has 324 valence electrons. The third-order valence-electron chi connectivity index (χ3n) is 12.4. The molecule has 12 nitrogen and oxygen atoms in total. The minimum atomic E-state index is -0.607. The number of nitrogens with one attached hydrogen (secondary N) is 1. The molecule has 0 atom stereocenters. The molecule has 15 heteroatoms. The van der Waals surface area contributed by atoms with Gasteiger partial charge in [-0.2, -0.15) is 5.10 Å². The highest BCUT2D eigenvalue weighted by Crippen LogP contribution is 2.93. The summed E-state index contributed by atoms with van der Waals surface area (Å²) >= 11 is 17.6. The molecule has 0 amide bonds. The van der Waals surface area contributed by atoms with E-state index in [1.54, 1.807) is 76.8 Å². The SMILES string of the molecule is C.CC(C)(C)OC(=O)c1ccc(Cl)nc1Cl.[2H]C1(CCOc2ccn(-c3ccc(C(=O)OC(C)(C)C)c(Cl)n3)n2)C2(CC2)C12CC2.[2H]C1(CCOc2ccn[nH]2)C2(CC2)C12CC2. The molecular formula is C45H57Cl3N6O6. The molecule has 0 radical (unpaired) electrons. The van der Waals surface area contributed by atoms with Crippen LogP contribution in [0.3, 0.4) is 0 Å². The predicted molar refractivity (Wildman–Crippen MR) is 230 cm³/mol. The number of hydrogen-bond acceptors (Lipinski definition) is 10. The van der Waals surface area contributed by atoms with Gasteiger partial charge >= 0.3 is 11.9 Å². The average molecular weight is 886 g/mol. The number of H-pyrrole nitrogens is 1. The Morgan fingerprint density at radius 1 is 0.733 bits per heavy atom. The first-order chi connectivity index (χ1) is 28.6. The first-order valence-corrected chi connectivity index (χ1v) is 21.5. The van der Waals surface area contributed by atoms with Gasteiger partial charge in [0.15, 0.2) is 5.82 Å². The summed E-state index contributed by atoms with van der Waals surface area (Å²) < 4.78 is 40.9. The molecule has 6 aliphatic rings. The quantitative estimate of drug-likeness (QED) is 0.114. The van der Waals surface area contributed by atoms with Crippen LogP contribution in [-0.4, -0.2) is 66.3 Å². The lowest BCUT2D eigenvalue weighted by Crippen LogP contribution is -2.24. The Bertz CT molecular complexity index is 2270. The van der Waals surface area contributed by atoms with Crippen LogP contribution < -0.4 is 9.47 Å². The van der Waals surface area contributed by atoms with Gasteiger partial charge in [0.25, 0.3) is 0 Å². The number of pyridine rings is 2. The van der Waals surface area contributed by atoms with E-state index in [4.69, 9.17) is 56.5 Å². The molecule has 6 aliphatic carbocycles. The van der Waals surface area contributed by atoms with Crippen molar-refractivity contribution in [2.24, 2.45) is 33.4 Å². The molecule has 0 aromatic carbocycles. The molecule has 0 saturated heterocycles. The lowest BCUT2D eigenvalue weighted by Gasteiger charge is -2.19. The number of carbonyl (C=O) groups excluding carboxylic acids is 2. The van der Waals surface area contributed by atoms with Crippen LogP contribution in [0.5, 0.6) is 11.8 Å². The van der Waals surface area contributed by atoms with Crippen molar-refractivity contribution in [2.45, 2.75) is 124 Å². The molecule has 4 heterocycles. The smallest absolute Gasteiger partial charge is 0.341 e. The van der Waals surface area contributed by atoms with E-state index < -0.39 is 23.1 Å². The van der Waals surface area contributed by atoms with Gasteiger partial charge in [0.2, 0.25) is 11.8 Å². The summed E-state index contributed by atoms with van der Waals surface area (Å²) in [4.78, 5) is 31.9. The summed E-state index contributed by atoms with van der Waals surface area (Å²) in [5.41, 5.74) is 0.764. The zero-order chi connectivity index (χ0) is 43.9. The van der Waals surface area contributed by atoms with Crippen molar-refractivity contribution in [1.29, 1.82) is 0 Å². The molecule has 4 aromatic heterocycles. The number of carbonyl (C=O) groups is 2. The Hall–Kier alpha value is -3.87. The molecule has 60 heavy (non-hydrogen) atoms. The summed E-state index contributed by atoms with van der Waals surface area (Å²) in [7, 11) is 0. The van der Waals surface area contributed by atoms with Crippen molar-refractivity contribution < 1.29 is 31.3 Å². The molecule has 10 rings (SSSR count). The van der Waals surface area contributed by atoms with Gasteiger partial charge in [0.1, 0.15) is 26.7 Å². The highest BCUT2D eigenvalue weighted by Gasteiger charge is 2.86. The second-order valence-electron chi connectivity index (χ2n) is 18.5. The van der Waals surface area contributed by atoms with E-state index in [0.29, 0.717) is 46.6 Å². The molecule has 0 bridgehead atoms. The monoisotopic (exact) mass is 884 g/mol. The van der Waals surface area contributed by atoms with Gasteiger partial charge in [-0.15, -0.1) is 5.10 Å². The zero-order valence-electron chi connectivity index (χ0n) is 36.4. The third-order valence-corrected chi connectivity index (χ3v) is 13.2. The molecule has 6 fully saturated rings. The van der Waals surface area contributed by atoms with E-state index in [9.17, 15) is 9.59 Å². The number of hydrogen-bond donors (Lipinski definition) is 1. The van der Waals surface area contributed by atoms with Crippen LogP contribution in [-0.2, 0) is 9.47 Å². The number of fused-ring (bicyclic) bond motifs is 2. The number of halogens is 3. The van der Waals surface area contributed by atoms with Crippen molar-refractivity contribution in [3.05, 3.63) is 75.4 Å². The van der Waals surface area contributed by atoms with Crippen molar-refractivity contribution in [3.8, 4) is 17.6 Å². The van der Waals surface area contributed by atoms with Crippen molar-refractivity contribution in [1.82, 2.24) is 29.9 Å². The van der Waals surface area contributed by atoms with Crippen LogP contribution in [0.2, 0.25) is 15.5 Å². The molecule has 0 aliphatic heterocycles. The van der Waals surface area contributed by atoms with Crippen LogP contribution in [0.15, 0.2) is 48.8 Å². The van der Waals surface area contributed by atoms with Gasteiger partial charge in [0, 0.05) is 21.1 Å². The molecule has 1 N–H and O–H groups in total. The summed E-state index contributed by atoms with van der Waals surface area (Å²) in [6.07, 6.45) is 15.1. The first-order valence-electron chi connectivity index (χ1n) is 21.4. The highest BCUT2D eigenvalue weighted by molar-refractivity contribution is 6.34. The maximum absolute atomic E-state index is 12.2. The van der Waals surface area contributed by atoms with E-state index in [0.717, 1.165) is 18.7 Å². The minimum Gasteiger partial charge on any atom is -0.478 e. The van der Waals surface area contributed by atoms with Crippen molar-refractivity contribution in [2.75, 3.05) is 13.2 Å². The second kappa shape index (κ2) is 16.1. The predicted octanol–water partition coefficient (Wildman–Crippen LogP) is 11.2. The summed E-state index contributed by atoms with van der Waals surface area (Å²) in [6, 6.07) is 9.82. The van der Waals surface area contributed by atoms with Crippen LogP contribution in [0.25, 0.3) is 5.82 Å².